The van der Waals surface area contributed by atoms with Gasteiger partial charge in [0.05, 0.1) is 25.4 Å². The van der Waals surface area contributed by atoms with Gasteiger partial charge in [0.2, 0.25) is 13.6 Å². The molecule has 4 heterocycles. The van der Waals surface area contributed by atoms with Crippen LogP contribution in [-0.4, -0.2) is 44.0 Å². The Hall–Kier alpha value is -3.95. The van der Waals surface area contributed by atoms with Gasteiger partial charge in [-0.2, -0.15) is 0 Å². The Morgan fingerprint density at radius 1 is 0.755 bits per heavy atom. The predicted octanol–water partition coefficient (Wildman–Crippen LogP) is 7.40. The maximum atomic E-state index is 11.4. The first-order chi connectivity index (χ1) is 23.9. The number of phenols is 1. The number of phenolic OH excluding ortho intramolecular Hbond substituents is 1. The molecule has 10 rings (SSSR count). The minimum absolute atomic E-state index is 0.0218. The molecule has 3 aliphatic carbocycles. The number of benzene rings is 3. The van der Waals surface area contributed by atoms with Gasteiger partial charge in [0.25, 0.3) is 0 Å². The van der Waals surface area contributed by atoms with E-state index in [1.54, 1.807) is 0 Å². The number of aromatic hydroxyl groups is 1. The van der Waals surface area contributed by atoms with E-state index in [0.29, 0.717) is 48.6 Å². The van der Waals surface area contributed by atoms with Crippen LogP contribution < -0.4 is 18.9 Å². The van der Waals surface area contributed by atoms with Crippen LogP contribution in [0.3, 0.4) is 0 Å². The van der Waals surface area contributed by atoms with E-state index in [0.717, 1.165) is 53.4 Å². The Bertz CT molecular complexity index is 1680. The lowest BCUT2D eigenvalue weighted by molar-refractivity contribution is -0.154. The first-order valence-electron chi connectivity index (χ1n) is 17.9. The molecule has 9 nitrogen and oxygen atoms in total. The molecule has 49 heavy (non-hydrogen) atoms. The second kappa shape index (κ2) is 12.1. The Balaban J connectivity index is 0.000000134. The molecule has 1 N–H and O–H groups in total. The van der Waals surface area contributed by atoms with Gasteiger partial charge in [-0.1, -0.05) is 25.1 Å². The molecule has 0 radical (unpaired) electrons. The van der Waals surface area contributed by atoms with Gasteiger partial charge >= 0.3 is 5.97 Å². The molecular weight excluding hydrogens is 624 g/mol. The molecule has 3 aromatic carbocycles. The Morgan fingerprint density at radius 3 is 2.02 bits per heavy atom. The highest BCUT2D eigenvalue weighted by atomic mass is 16.7. The molecule has 0 bridgehead atoms. The average Bonchev–Trinajstić information content (AvgIpc) is 3.93. The summed E-state index contributed by atoms with van der Waals surface area (Å²) in [6.07, 6.45) is 6.93. The second-order valence-electron chi connectivity index (χ2n) is 15.1. The van der Waals surface area contributed by atoms with Gasteiger partial charge in [0.1, 0.15) is 11.9 Å². The quantitative estimate of drug-likeness (QED) is 0.286. The molecular formula is C40H44O9. The molecule has 9 atom stereocenters. The summed E-state index contributed by atoms with van der Waals surface area (Å²) in [7, 11) is 0. The SMILES string of the molecule is CC(=O)OC1CCC2C3CCc4cc(O)ccc4C3CCC12C.c1cc2c(cc1C1OCC3C(c4ccc5c(c4)OCO5)OCC13)OCO2. The predicted molar refractivity (Wildman–Crippen MR) is 178 cm³/mol. The van der Waals surface area contributed by atoms with E-state index in [-0.39, 0.29) is 43.3 Å². The van der Waals surface area contributed by atoms with Crippen LogP contribution in [0.15, 0.2) is 54.6 Å². The number of hydrogen-bond donors (Lipinski definition) is 1. The zero-order valence-electron chi connectivity index (χ0n) is 28.1. The minimum Gasteiger partial charge on any atom is -0.508 e. The maximum Gasteiger partial charge on any atom is 0.302 e. The summed E-state index contributed by atoms with van der Waals surface area (Å²) in [6, 6.07) is 18.0. The van der Waals surface area contributed by atoms with Crippen LogP contribution in [0.2, 0.25) is 0 Å². The Kier molecular flexibility index (Phi) is 7.69. The topological polar surface area (TPSA) is 102 Å². The van der Waals surface area contributed by atoms with E-state index < -0.39 is 0 Å². The van der Waals surface area contributed by atoms with Crippen molar-refractivity contribution in [1.82, 2.24) is 0 Å². The molecule has 7 aliphatic rings. The van der Waals surface area contributed by atoms with Crippen LogP contribution in [-0.2, 0) is 25.4 Å². The normalized spacial score (nSPS) is 34.2. The summed E-state index contributed by atoms with van der Waals surface area (Å²) in [5.41, 5.74) is 5.19. The number of hydrogen-bond acceptors (Lipinski definition) is 9. The van der Waals surface area contributed by atoms with E-state index in [2.05, 4.69) is 25.1 Å². The summed E-state index contributed by atoms with van der Waals surface area (Å²) in [5.74, 6) is 6.06. The van der Waals surface area contributed by atoms with Gasteiger partial charge in [-0.25, -0.2) is 0 Å². The molecule has 2 saturated heterocycles. The summed E-state index contributed by atoms with van der Waals surface area (Å²) in [4.78, 5) is 11.4. The maximum absolute atomic E-state index is 11.4. The first kappa shape index (κ1) is 31.1. The van der Waals surface area contributed by atoms with Gasteiger partial charge in [0.15, 0.2) is 23.0 Å². The van der Waals surface area contributed by atoms with Gasteiger partial charge in [-0.3, -0.25) is 4.79 Å². The molecule has 0 amide bonds. The van der Waals surface area contributed by atoms with Crippen molar-refractivity contribution in [3.63, 3.8) is 0 Å². The van der Waals surface area contributed by atoms with Crippen LogP contribution in [0.4, 0.5) is 0 Å². The van der Waals surface area contributed by atoms with E-state index in [1.165, 1.54) is 37.3 Å². The highest BCUT2D eigenvalue weighted by molar-refractivity contribution is 5.66. The highest BCUT2D eigenvalue weighted by Crippen LogP contribution is 2.61. The van der Waals surface area contributed by atoms with Gasteiger partial charge in [-0.15, -0.1) is 0 Å². The van der Waals surface area contributed by atoms with E-state index in [9.17, 15) is 9.90 Å². The molecule has 9 heteroatoms. The van der Waals surface area contributed by atoms with Gasteiger partial charge < -0.3 is 38.3 Å². The number of aryl methyl sites for hydroxylation is 1. The molecule has 258 valence electrons. The lowest BCUT2D eigenvalue weighted by atomic mass is 9.55. The fourth-order valence-electron chi connectivity index (χ4n) is 10.3. The van der Waals surface area contributed by atoms with Crippen LogP contribution in [0.25, 0.3) is 0 Å². The fraction of sp³-hybridized carbons (Fsp3) is 0.525. The average molecular weight is 669 g/mol. The number of rotatable bonds is 3. The largest absolute Gasteiger partial charge is 0.508 e. The lowest BCUT2D eigenvalue weighted by Gasteiger charge is -2.50. The number of esters is 1. The Morgan fingerprint density at radius 2 is 1.39 bits per heavy atom. The summed E-state index contributed by atoms with van der Waals surface area (Å²) < 4.78 is 39.9. The van der Waals surface area contributed by atoms with Crippen LogP contribution in [0.5, 0.6) is 28.7 Å². The van der Waals surface area contributed by atoms with Crippen molar-refractivity contribution in [2.45, 2.75) is 76.6 Å². The molecule has 2 saturated carbocycles. The number of fused-ring (bicyclic) bond motifs is 8. The van der Waals surface area contributed by atoms with E-state index in [1.807, 2.05) is 36.4 Å². The summed E-state index contributed by atoms with van der Waals surface area (Å²) in [5, 5.41) is 9.75. The van der Waals surface area contributed by atoms with Gasteiger partial charge in [0, 0.05) is 24.2 Å². The van der Waals surface area contributed by atoms with Crippen LogP contribution >= 0.6 is 0 Å². The third-order valence-corrected chi connectivity index (χ3v) is 12.6. The molecule has 3 aromatic rings. The molecule has 0 spiro atoms. The van der Waals surface area contributed by atoms with Crippen LogP contribution in [0.1, 0.15) is 86.3 Å². The standard InChI is InChI=1S/C20H18O6.C20H26O3/c1-3-15-17(25-9-23-15)5-11(1)19-13-7-22-20(14(13)8-21-19)12-2-4-16-18(6-12)26-10-24-16;1-12(21)23-19-8-7-18-17-5-3-13-11-14(22)4-6-15(13)16(17)9-10-20(18,19)2/h1-6,13-14,19-20H,7-10H2;4,6,11,16-19,22H,3,5,7-10H2,1-2H3. The minimum atomic E-state index is -0.136. The smallest absolute Gasteiger partial charge is 0.302 e. The second-order valence-corrected chi connectivity index (χ2v) is 15.1. The van der Waals surface area contributed by atoms with Crippen molar-refractivity contribution >= 4 is 5.97 Å². The molecule has 0 aromatic heterocycles. The van der Waals surface area contributed by atoms with Crippen molar-refractivity contribution in [1.29, 1.82) is 0 Å². The zero-order chi connectivity index (χ0) is 33.3. The molecule has 4 aliphatic heterocycles. The molecule has 4 fully saturated rings. The Labute approximate surface area is 286 Å². The van der Waals surface area contributed by atoms with E-state index in [4.69, 9.17) is 33.2 Å². The van der Waals surface area contributed by atoms with Crippen molar-refractivity contribution in [3.05, 3.63) is 76.9 Å². The first-order valence-corrected chi connectivity index (χ1v) is 17.9. The zero-order valence-corrected chi connectivity index (χ0v) is 28.1. The highest BCUT2D eigenvalue weighted by Gasteiger charge is 2.56. The van der Waals surface area contributed by atoms with Gasteiger partial charge in [-0.05, 0) is 115 Å². The lowest BCUT2D eigenvalue weighted by Crippen LogP contribution is -2.45. The summed E-state index contributed by atoms with van der Waals surface area (Å²) in [6.45, 7) is 5.82. The number of carbonyl (C=O) groups is 1. The third-order valence-electron chi connectivity index (χ3n) is 12.6. The van der Waals surface area contributed by atoms with Crippen molar-refractivity contribution < 1.29 is 43.1 Å². The van der Waals surface area contributed by atoms with Crippen LogP contribution in [0, 0.1) is 29.1 Å². The van der Waals surface area contributed by atoms with Crippen molar-refractivity contribution in [2.24, 2.45) is 29.1 Å². The third kappa shape index (κ3) is 5.32. The van der Waals surface area contributed by atoms with E-state index >= 15 is 0 Å². The van der Waals surface area contributed by atoms with Crippen molar-refractivity contribution in [3.8, 4) is 28.7 Å². The number of carbonyl (C=O) groups excluding carboxylic acids is 1. The monoisotopic (exact) mass is 668 g/mol. The summed E-state index contributed by atoms with van der Waals surface area (Å²) >= 11 is 0. The fourth-order valence-corrected chi connectivity index (χ4v) is 10.3. The molecule has 9 unspecified atom stereocenters. The number of ether oxygens (including phenoxy) is 7. The van der Waals surface area contributed by atoms with Crippen molar-refractivity contribution in [2.75, 3.05) is 26.8 Å².